The number of carbonyl (C=O) groups is 2. The van der Waals surface area contributed by atoms with Crippen molar-refractivity contribution in [3.05, 3.63) is 29.3 Å². The predicted octanol–water partition coefficient (Wildman–Crippen LogP) is 3.58. The summed E-state index contributed by atoms with van der Waals surface area (Å²) >= 11 is 0. The number of urea groups is 1. The Morgan fingerprint density at radius 3 is 1.90 bits per heavy atom. The van der Waals surface area contributed by atoms with E-state index in [1.807, 2.05) is 0 Å². The maximum absolute atomic E-state index is 12.9. The molecule has 0 radical (unpaired) electrons. The van der Waals surface area contributed by atoms with Crippen LogP contribution in [0.15, 0.2) is 18.2 Å². The number of alkyl halides is 6. The Morgan fingerprint density at radius 2 is 1.43 bits per heavy atom. The highest BCUT2D eigenvalue weighted by Crippen LogP contribution is 2.37. The third-order valence-corrected chi connectivity index (χ3v) is 4.92. The second kappa shape index (κ2) is 8.32. The molecular formula is C18H19F6N3O3. The zero-order chi connectivity index (χ0) is 22.1. The lowest BCUT2D eigenvalue weighted by atomic mass is 10.1. The van der Waals surface area contributed by atoms with Gasteiger partial charge in [0.25, 0.3) is 5.91 Å². The second-order valence-electron chi connectivity index (χ2n) is 7.04. The van der Waals surface area contributed by atoms with E-state index in [4.69, 9.17) is 4.74 Å². The summed E-state index contributed by atoms with van der Waals surface area (Å²) in [6.45, 7) is 1.09. The minimum Gasteiger partial charge on any atom is -0.368 e. The molecule has 30 heavy (non-hydrogen) atoms. The van der Waals surface area contributed by atoms with Crippen LogP contribution in [0.2, 0.25) is 0 Å². The van der Waals surface area contributed by atoms with Gasteiger partial charge in [-0.25, -0.2) is 4.79 Å². The van der Waals surface area contributed by atoms with Gasteiger partial charge in [-0.1, -0.05) is 0 Å². The number of ether oxygens (including phenoxy) is 1. The first kappa shape index (κ1) is 22.2. The maximum Gasteiger partial charge on any atom is 0.416 e. The van der Waals surface area contributed by atoms with Gasteiger partial charge in [0.15, 0.2) is 0 Å². The van der Waals surface area contributed by atoms with Crippen molar-refractivity contribution in [1.82, 2.24) is 9.80 Å². The number of carbonyl (C=O) groups excluding carboxylic acids is 2. The van der Waals surface area contributed by atoms with Crippen LogP contribution >= 0.6 is 0 Å². The molecular weight excluding hydrogens is 420 g/mol. The number of amides is 3. The number of anilines is 1. The Kier molecular flexibility index (Phi) is 6.16. The van der Waals surface area contributed by atoms with Crippen molar-refractivity contribution in [1.29, 1.82) is 0 Å². The van der Waals surface area contributed by atoms with Gasteiger partial charge in [0, 0.05) is 38.5 Å². The molecule has 2 aliphatic heterocycles. The molecule has 1 aromatic rings. The summed E-state index contributed by atoms with van der Waals surface area (Å²) in [5.74, 6) is -0.180. The van der Waals surface area contributed by atoms with Crippen molar-refractivity contribution in [3.63, 3.8) is 0 Å². The van der Waals surface area contributed by atoms with Gasteiger partial charge >= 0.3 is 18.4 Å². The largest absolute Gasteiger partial charge is 0.416 e. The third-order valence-electron chi connectivity index (χ3n) is 4.92. The lowest BCUT2D eigenvalue weighted by Crippen LogP contribution is -2.53. The molecule has 1 N–H and O–H groups in total. The molecule has 2 saturated heterocycles. The van der Waals surface area contributed by atoms with Gasteiger partial charge in [0.2, 0.25) is 0 Å². The Hall–Kier alpha value is -2.50. The van der Waals surface area contributed by atoms with E-state index in [0.29, 0.717) is 25.2 Å². The molecule has 2 fully saturated rings. The number of benzene rings is 1. The van der Waals surface area contributed by atoms with E-state index < -0.39 is 41.3 Å². The number of hydrogen-bond donors (Lipinski definition) is 1. The highest BCUT2D eigenvalue weighted by molar-refractivity contribution is 5.90. The molecule has 6 nitrogen and oxygen atoms in total. The number of hydrogen-bond acceptors (Lipinski definition) is 3. The molecule has 3 rings (SSSR count). The predicted molar refractivity (Wildman–Crippen MR) is 92.6 cm³/mol. The molecule has 0 spiro atoms. The Bertz CT molecular complexity index is 765. The Labute approximate surface area is 167 Å². The summed E-state index contributed by atoms with van der Waals surface area (Å²) in [4.78, 5) is 27.4. The highest BCUT2D eigenvalue weighted by atomic mass is 19.4. The van der Waals surface area contributed by atoms with Gasteiger partial charge in [-0.3, -0.25) is 4.79 Å². The van der Waals surface area contributed by atoms with Crippen LogP contribution in [0.5, 0.6) is 0 Å². The molecule has 0 aliphatic carbocycles. The molecule has 0 bridgehead atoms. The van der Waals surface area contributed by atoms with E-state index in [9.17, 15) is 35.9 Å². The van der Waals surface area contributed by atoms with Crippen LogP contribution < -0.4 is 5.32 Å². The van der Waals surface area contributed by atoms with Gasteiger partial charge in [-0.2, -0.15) is 26.3 Å². The fourth-order valence-corrected chi connectivity index (χ4v) is 3.34. The monoisotopic (exact) mass is 439 g/mol. The molecule has 1 aromatic carbocycles. The zero-order valence-electron chi connectivity index (χ0n) is 15.6. The van der Waals surface area contributed by atoms with Crippen molar-refractivity contribution in [2.24, 2.45) is 0 Å². The first-order valence-corrected chi connectivity index (χ1v) is 9.21. The smallest absolute Gasteiger partial charge is 0.368 e. The summed E-state index contributed by atoms with van der Waals surface area (Å²) in [5, 5.41) is 2.09. The molecule has 0 aromatic heterocycles. The van der Waals surface area contributed by atoms with Crippen molar-refractivity contribution in [3.8, 4) is 0 Å². The molecule has 0 saturated carbocycles. The fraction of sp³-hybridized carbons (Fsp3) is 0.556. The van der Waals surface area contributed by atoms with E-state index >= 15 is 0 Å². The minimum atomic E-state index is -5.00. The molecule has 166 valence electrons. The van der Waals surface area contributed by atoms with E-state index in [0.717, 1.165) is 6.42 Å². The van der Waals surface area contributed by atoms with Gasteiger partial charge in [-0.15, -0.1) is 0 Å². The topological polar surface area (TPSA) is 61.9 Å². The first-order valence-electron chi connectivity index (χ1n) is 9.21. The standard InChI is InChI=1S/C18H19F6N3O3/c19-17(20,21)11-8-12(18(22,23)24)10-13(9-11)25-16(29)27-5-3-26(4-6-27)15(28)14-2-1-7-30-14/h8-10,14H,1-7H2,(H,25,29). The third kappa shape index (κ3) is 5.15. The van der Waals surface area contributed by atoms with Crippen LogP contribution in [0, 0.1) is 0 Å². The lowest BCUT2D eigenvalue weighted by molar-refractivity contribution is -0.143. The van der Waals surface area contributed by atoms with Gasteiger partial charge < -0.3 is 19.9 Å². The fourth-order valence-electron chi connectivity index (χ4n) is 3.34. The highest BCUT2D eigenvalue weighted by Gasteiger charge is 2.37. The van der Waals surface area contributed by atoms with E-state index in [1.54, 1.807) is 0 Å². The molecule has 2 aliphatic rings. The van der Waals surface area contributed by atoms with Crippen molar-refractivity contribution < 1.29 is 40.7 Å². The van der Waals surface area contributed by atoms with Crippen molar-refractivity contribution in [2.45, 2.75) is 31.3 Å². The number of rotatable bonds is 2. The Morgan fingerprint density at radius 1 is 0.900 bits per heavy atom. The summed E-state index contributed by atoms with van der Waals surface area (Å²) < 4.78 is 83.0. The van der Waals surface area contributed by atoms with Crippen LogP contribution in [-0.2, 0) is 21.9 Å². The SMILES string of the molecule is O=C(Nc1cc(C(F)(F)F)cc(C(F)(F)F)c1)N1CCN(C(=O)C2CCCO2)CC1. The second-order valence-corrected chi connectivity index (χ2v) is 7.04. The van der Waals surface area contributed by atoms with Crippen molar-refractivity contribution in [2.75, 3.05) is 38.1 Å². The van der Waals surface area contributed by atoms with Gasteiger partial charge in [0.05, 0.1) is 11.1 Å². The minimum absolute atomic E-state index is 0.00880. The van der Waals surface area contributed by atoms with Crippen LogP contribution in [0.4, 0.5) is 36.8 Å². The maximum atomic E-state index is 12.9. The molecule has 3 amide bonds. The number of halogens is 6. The summed E-state index contributed by atoms with van der Waals surface area (Å²) in [7, 11) is 0. The molecule has 1 unspecified atom stereocenters. The van der Waals surface area contributed by atoms with E-state index in [-0.39, 0.29) is 38.2 Å². The number of nitrogens with zero attached hydrogens (tertiary/aromatic N) is 2. The quantitative estimate of drug-likeness (QED) is 0.717. The van der Waals surface area contributed by atoms with Crippen LogP contribution in [0.3, 0.4) is 0 Å². The zero-order valence-corrected chi connectivity index (χ0v) is 15.6. The first-order chi connectivity index (χ1) is 13.9. The summed E-state index contributed by atoms with van der Waals surface area (Å²) in [5.41, 5.74) is -3.64. The molecule has 12 heteroatoms. The number of nitrogens with one attached hydrogen (secondary N) is 1. The summed E-state index contributed by atoms with van der Waals surface area (Å²) in [6, 6.07) is 0.0477. The average Bonchev–Trinajstić information content (AvgIpc) is 3.20. The summed E-state index contributed by atoms with van der Waals surface area (Å²) in [6.07, 6.45) is -9.10. The van der Waals surface area contributed by atoms with E-state index in [2.05, 4.69) is 5.32 Å². The van der Waals surface area contributed by atoms with Crippen molar-refractivity contribution >= 4 is 17.6 Å². The van der Waals surface area contributed by atoms with E-state index in [1.165, 1.54) is 9.80 Å². The average molecular weight is 439 g/mol. The van der Waals surface area contributed by atoms with Crippen LogP contribution in [-0.4, -0.2) is 60.6 Å². The van der Waals surface area contributed by atoms with Gasteiger partial charge in [-0.05, 0) is 31.0 Å². The van der Waals surface area contributed by atoms with Crippen LogP contribution in [0.1, 0.15) is 24.0 Å². The van der Waals surface area contributed by atoms with Gasteiger partial charge in [0.1, 0.15) is 6.10 Å². The Balaban J connectivity index is 1.65. The van der Waals surface area contributed by atoms with Crippen LogP contribution in [0.25, 0.3) is 0 Å². The molecule has 2 heterocycles. The lowest BCUT2D eigenvalue weighted by Gasteiger charge is -2.35. The molecule has 1 atom stereocenters. The normalized spacial score (nSPS) is 20.4. The number of piperazine rings is 1.